The first-order valence-electron chi connectivity index (χ1n) is 8.86. The Morgan fingerprint density at radius 1 is 1.12 bits per heavy atom. The number of anilines is 1. The van der Waals surface area contributed by atoms with E-state index in [1.165, 1.54) is 0 Å². The second-order valence-corrected chi connectivity index (χ2v) is 6.40. The highest BCUT2D eigenvalue weighted by molar-refractivity contribution is 5.97. The van der Waals surface area contributed by atoms with Crippen LogP contribution in [-0.4, -0.2) is 62.5 Å². The van der Waals surface area contributed by atoms with Crippen molar-refractivity contribution in [2.45, 2.75) is 19.3 Å². The van der Waals surface area contributed by atoms with Crippen LogP contribution in [0.3, 0.4) is 0 Å². The van der Waals surface area contributed by atoms with E-state index in [-0.39, 0.29) is 24.2 Å². The quantitative estimate of drug-likeness (QED) is 0.744. The van der Waals surface area contributed by atoms with E-state index in [2.05, 4.69) is 15.5 Å². The van der Waals surface area contributed by atoms with Crippen molar-refractivity contribution in [2.75, 3.05) is 50.7 Å². The van der Waals surface area contributed by atoms with E-state index in [9.17, 15) is 9.59 Å². The van der Waals surface area contributed by atoms with Crippen LogP contribution in [0.5, 0.6) is 0 Å². The Bertz CT molecular complexity index is 573. The Kier molecular flexibility index (Phi) is 7.68. The molecule has 6 nitrogen and oxygen atoms in total. The van der Waals surface area contributed by atoms with E-state index < -0.39 is 0 Å². The van der Waals surface area contributed by atoms with Crippen LogP contribution in [0.1, 0.15) is 29.6 Å². The van der Waals surface area contributed by atoms with Gasteiger partial charge in [0.1, 0.15) is 0 Å². The Morgan fingerprint density at radius 3 is 2.48 bits per heavy atom. The fourth-order valence-corrected chi connectivity index (χ4v) is 3.26. The molecule has 7 heteroatoms. The zero-order valence-electron chi connectivity index (χ0n) is 14.5. The molecule has 0 unspecified atom stereocenters. The SMILES string of the molecule is Cl.O=C(NCCCN1CCNCC1)c1ccc(N2CCCC2=O)cc1. The number of hydrogen-bond donors (Lipinski definition) is 2. The van der Waals surface area contributed by atoms with Gasteiger partial charge in [0.05, 0.1) is 0 Å². The van der Waals surface area contributed by atoms with Gasteiger partial charge in [0.25, 0.3) is 5.91 Å². The summed E-state index contributed by atoms with van der Waals surface area (Å²) in [7, 11) is 0. The van der Waals surface area contributed by atoms with Gasteiger partial charge in [0.15, 0.2) is 0 Å². The fourth-order valence-electron chi connectivity index (χ4n) is 3.26. The summed E-state index contributed by atoms with van der Waals surface area (Å²) in [5.74, 6) is 0.120. The van der Waals surface area contributed by atoms with Crippen LogP contribution >= 0.6 is 12.4 Å². The Hall–Kier alpha value is -1.63. The number of rotatable bonds is 6. The molecule has 3 rings (SSSR count). The van der Waals surface area contributed by atoms with Gasteiger partial charge < -0.3 is 20.4 Å². The van der Waals surface area contributed by atoms with Gasteiger partial charge in [-0.25, -0.2) is 0 Å². The summed E-state index contributed by atoms with van der Waals surface area (Å²) in [6.45, 7) is 6.77. The van der Waals surface area contributed by atoms with Gasteiger partial charge in [-0.3, -0.25) is 9.59 Å². The predicted molar refractivity (Wildman–Crippen MR) is 102 cm³/mol. The maximum absolute atomic E-state index is 12.2. The van der Waals surface area contributed by atoms with E-state index in [1.807, 2.05) is 12.1 Å². The van der Waals surface area contributed by atoms with Gasteiger partial charge in [-0.2, -0.15) is 0 Å². The van der Waals surface area contributed by atoms with Crippen molar-refractivity contribution < 1.29 is 9.59 Å². The van der Waals surface area contributed by atoms with Crippen LogP contribution in [-0.2, 0) is 4.79 Å². The lowest BCUT2D eigenvalue weighted by Crippen LogP contribution is -2.44. The topological polar surface area (TPSA) is 64.7 Å². The zero-order chi connectivity index (χ0) is 16.8. The number of halogens is 1. The minimum Gasteiger partial charge on any atom is -0.352 e. The standard InChI is InChI=1S/C18H26N4O2.ClH/c23-17-3-1-12-22(17)16-6-4-15(5-7-16)18(24)20-8-2-11-21-13-9-19-10-14-21;/h4-7,19H,1-3,8-14H2,(H,20,24);1H. The van der Waals surface area contributed by atoms with Crippen molar-refractivity contribution in [1.82, 2.24) is 15.5 Å². The molecule has 138 valence electrons. The molecule has 1 aromatic rings. The first-order chi connectivity index (χ1) is 11.7. The van der Waals surface area contributed by atoms with Crippen molar-refractivity contribution in [2.24, 2.45) is 0 Å². The van der Waals surface area contributed by atoms with E-state index in [4.69, 9.17) is 0 Å². The summed E-state index contributed by atoms with van der Waals surface area (Å²) in [6, 6.07) is 7.32. The molecule has 2 aliphatic heterocycles. The molecule has 0 aromatic heterocycles. The summed E-state index contributed by atoms with van der Waals surface area (Å²) in [6.07, 6.45) is 2.50. The van der Waals surface area contributed by atoms with Gasteiger partial charge in [-0.05, 0) is 43.7 Å². The molecule has 2 fully saturated rings. The molecule has 0 spiro atoms. The molecule has 0 bridgehead atoms. The second-order valence-electron chi connectivity index (χ2n) is 6.40. The summed E-state index contributed by atoms with van der Waals surface area (Å²) >= 11 is 0. The second kappa shape index (κ2) is 9.75. The maximum atomic E-state index is 12.2. The van der Waals surface area contributed by atoms with Gasteiger partial charge in [-0.1, -0.05) is 0 Å². The van der Waals surface area contributed by atoms with Crippen LogP contribution in [0, 0.1) is 0 Å². The zero-order valence-corrected chi connectivity index (χ0v) is 15.3. The van der Waals surface area contributed by atoms with E-state index in [0.717, 1.165) is 57.8 Å². The highest BCUT2D eigenvalue weighted by Gasteiger charge is 2.21. The molecule has 2 saturated heterocycles. The van der Waals surface area contributed by atoms with Crippen molar-refractivity contribution >= 4 is 29.9 Å². The smallest absolute Gasteiger partial charge is 0.251 e. The van der Waals surface area contributed by atoms with Crippen LogP contribution in [0.4, 0.5) is 5.69 Å². The van der Waals surface area contributed by atoms with E-state index in [0.29, 0.717) is 18.5 Å². The molecule has 2 heterocycles. The molecule has 0 saturated carbocycles. The summed E-state index contributed by atoms with van der Waals surface area (Å²) in [5, 5.41) is 6.31. The molecule has 0 atom stereocenters. The Morgan fingerprint density at radius 2 is 1.84 bits per heavy atom. The molecular formula is C18H27ClN4O2. The third-order valence-electron chi connectivity index (χ3n) is 4.66. The largest absolute Gasteiger partial charge is 0.352 e. The number of amides is 2. The Balaban J connectivity index is 0.00000225. The molecular weight excluding hydrogens is 340 g/mol. The molecule has 2 aliphatic rings. The first kappa shape index (κ1) is 19.7. The minimum atomic E-state index is -0.0467. The van der Waals surface area contributed by atoms with Gasteiger partial charge in [-0.15, -0.1) is 12.4 Å². The molecule has 25 heavy (non-hydrogen) atoms. The number of carbonyl (C=O) groups is 2. The number of nitrogens with zero attached hydrogens (tertiary/aromatic N) is 2. The van der Waals surface area contributed by atoms with Crippen molar-refractivity contribution in [3.8, 4) is 0 Å². The number of benzene rings is 1. The molecule has 2 N–H and O–H groups in total. The lowest BCUT2D eigenvalue weighted by atomic mass is 10.2. The third-order valence-corrected chi connectivity index (χ3v) is 4.66. The monoisotopic (exact) mass is 366 g/mol. The number of piperazine rings is 1. The average molecular weight is 367 g/mol. The van der Waals surface area contributed by atoms with Crippen LogP contribution in [0.2, 0.25) is 0 Å². The minimum absolute atomic E-state index is 0. The van der Waals surface area contributed by atoms with Crippen LogP contribution in [0.25, 0.3) is 0 Å². The van der Waals surface area contributed by atoms with Crippen molar-refractivity contribution in [3.05, 3.63) is 29.8 Å². The predicted octanol–water partition coefficient (Wildman–Crippen LogP) is 1.26. The lowest BCUT2D eigenvalue weighted by molar-refractivity contribution is -0.117. The first-order valence-corrected chi connectivity index (χ1v) is 8.86. The Labute approximate surface area is 155 Å². The maximum Gasteiger partial charge on any atom is 0.251 e. The van der Waals surface area contributed by atoms with Crippen molar-refractivity contribution in [3.63, 3.8) is 0 Å². The van der Waals surface area contributed by atoms with Crippen molar-refractivity contribution in [1.29, 1.82) is 0 Å². The average Bonchev–Trinajstić information content (AvgIpc) is 3.05. The fraction of sp³-hybridized carbons (Fsp3) is 0.556. The normalized spacial score (nSPS) is 18.1. The molecule has 1 aromatic carbocycles. The van der Waals surface area contributed by atoms with E-state index >= 15 is 0 Å². The number of hydrogen-bond acceptors (Lipinski definition) is 4. The van der Waals surface area contributed by atoms with Gasteiger partial charge >= 0.3 is 0 Å². The summed E-state index contributed by atoms with van der Waals surface area (Å²) in [4.78, 5) is 28.1. The summed E-state index contributed by atoms with van der Waals surface area (Å²) in [5.41, 5.74) is 1.53. The number of carbonyl (C=O) groups excluding carboxylic acids is 2. The van der Waals surface area contributed by atoms with Gasteiger partial charge in [0, 0.05) is 56.9 Å². The third kappa shape index (κ3) is 5.42. The number of nitrogens with one attached hydrogen (secondary N) is 2. The molecule has 2 amide bonds. The van der Waals surface area contributed by atoms with Gasteiger partial charge in [0.2, 0.25) is 5.91 Å². The molecule has 0 aliphatic carbocycles. The van der Waals surface area contributed by atoms with E-state index in [1.54, 1.807) is 17.0 Å². The molecule has 0 radical (unpaired) electrons. The highest BCUT2D eigenvalue weighted by atomic mass is 35.5. The van der Waals surface area contributed by atoms with Crippen LogP contribution < -0.4 is 15.5 Å². The summed E-state index contributed by atoms with van der Waals surface area (Å²) < 4.78 is 0. The van der Waals surface area contributed by atoms with Crippen LogP contribution in [0.15, 0.2) is 24.3 Å². The highest BCUT2D eigenvalue weighted by Crippen LogP contribution is 2.21. The lowest BCUT2D eigenvalue weighted by Gasteiger charge is -2.27.